The molecular formula is C22H23N3O7. The van der Waals surface area contributed by atoms with Crippen LogP contribution in [0, 0.1) is 5.92 Å². The molecule has 2 aromatic carbocycles. The first-order valence-electron chi connectivity index (χ1n) is 9.76. The molecule has 0 spiro atoms. The number of hydrogen-bond donors (Lipinski definition) is 2. The number of benzene rings is 2. The normalized spacial score (nSPS) is 15.1. The lowest BCUT2D eigenvalue weighted by Gasteiger charge is -2.17. The molecule has 0 saturated carbocycles. The highest BCUT2D eigenvalue weighted by Gasteiger charge is 2.36. The Labute approximate surface area is 184 Å². The predicted octanol–water partition coefficient (Wildman–Crippen LogP) is 1.38. The van der Waals surface area contributed by atoms with E-state index >= 15 is 0 Å². The average molecular weight is 441 g/mol. The van der Waals surface area contributed by atoms with E-state index in [0.29, 0.717) is 22.7 Å². The number of esters is 1. The van der Waals surface area contributed by atoms with Gasteiger partial charge in [0.1, 0.15) is 11.5 Å². The molecule has 0 radical (unpaired) electrons. The molecule has 32 heavy (non-hydrogen) atoms. The number of carbonyl (C=O) groups excluding carboxylic acids is 4. The summed E-state index contributed by atoms with van der Waals surface area (Å²) < 4.78 is 15.4. The Balaban J connectivity index is 1.50. The van der Waals surface area contributed by atoms with Crippen molar-refractivity contribution in [2.75, 3.05) is 32.7 Å². The third-order valence-corrected chi connectivity index (χ3v) is 4.76. The van der Waals surface area contributed by atoms with Gasteiger partial charge in [0.15, 0.2) is 6.61 Å². The number of nitrogens with one attached hydrogen (secondary N) is 2. The summed E-state index contributed by atoms with van der Waals surface area (Å²) in [6.45, 7) is -0.582. The van der Waals surface area contributed by atoms with Crippen LogP contribution in [0.4, 0.5) is 5.69 Å². The summed E-state index contributed by atoms with van der Waals surface area (Å²) >= 11 is 0. The van der Waals surface area contributed by atoms with Crippen LogP contribution < -0.4 is 20.2 Å². The van der Waals surface area contributed by atoms with Gasteiger partial charge in [0, 0.05) is 18.1 Å². The van der Waals surface area contributed by atoms with Gasteiger partial charge in [-0.3, -0.25) is 29.6 Å². The molecule has 1 heterocycles. The van der Waals surface area contributed by atoms with E-state index in [1.807, 2.05) is 0 Å². The van der Waals surface area contributed by atoms with Gasteiger partial charge in [0.25, 0.3) is 11.8 Å². The van der Waals surface area contributed by atoms with E-state index in [1.54, 1.807) is 48.5 Å². The smallest absolute Gasteiger partial charge is 0.311 e. The largest absolute Gasteiger partial charge is 0.497 e. The number of methoxy groups -OCH3 is 2. The standard InChI is InChI=1S/C22H23N3O7/c1-30-16-8-9-18(31-2)17(11-16)23-19(26)13-32-22(29)15-10-20(27)25(12-15)24-21(28)14-6-4-3-5-7-14/h3-9,11,15H,10,12-13H2,1-2H3,(H,23,26)(H,24,28)/t15-/m1/s1. The number of ether oxygens (including phenoxy) is 3. The predicted molar refractivity (Wildman–Crippen MR) is 113 cm³/mol. The maximum atomic E-state index is 12.3. The maximum absolute atomic E-state index is 12.3. The van der Waals surface area contributed by atoms with Crippen molar-refractivity contribution in [2.24, 2.45) is 5.92 Å². The number of carbonyl (C=O) groups is 4. The van der Waals surface area contributed by atoms with Crippen molar-refractivity contribution in [1.82, 2.24) is 10.4 Å². The van der Waals surface area contributed by atoms with Crippen LogP contribution >= 0.6 is 0 Å². The fourth-order valence-electron chi connectivity index (χ4n) is 3.10. The van der Waals surface area contributed by atoms with Gasteiger partial charge in [-0.1, -0.05) is 18.2 Å². The number of anilines is 1. The van der Waals surface area contributed by atoms with Gasteiger partial charge in [0.2, 0.25) is 5.91 Å². The van der Waals surface area contributed by atoms with Crippen molar-refractivity contribution >= 4 is 29.4 Å². The van der Waals surface area contributed by atoms with Crippen molar-refractivity contribution in [3.63, 3.8) is 0 Å². The molecule has 2 aromatic rings. The molecule has 2 N–H and O–H groups in total. The fraction of sp³-hybridized carbons (Fsp3) is 0.273. The van der Waals surface area contributed by atoms with E-state index < -0.39 is 36.2 Å². The minimum atomic E-state index is -0.794. The zero-order valence-electron chi connectivity index (χ0n) is 17.6. The van der Waals surface area contributed by atoms with E-state index in [2.05, 4.69) is 10.7 Å². The molecule has 0 unspecified atom stereocenters. The molecule has 1 aliphatic heterocycles. The van der Waals surface area contributed by atoms with Crippen LogP contribution in [0.3, 0.4) is 0 Å². The zero-order chi connectivity index (χ0) is 23.1. The van der Waals surface area contributed by atoms with Crippen LogP contribution in [-0.4, -0.2) is 56.1 Å². The van der Waals surface area contributed by atoms with Crippen LogP contribution in [0.1, 0.15) is 16.8 Å². The van der Waals surface area contributed by atoms with Crippen LogP contribution in [0.25, 0.3) is 0 Å². The van der Waals surface area contributed by atoms with Gasteiger partial charge in [-0.15, -0.1) is 0 Å². The Morgan fingerprint density at radius 2 is 1.81 bits per heavy atom. The third kappa shape index (κ3) is 5.54. The summed E-state index contributed by atoms with van der Waals surface area (Å²) in [5.41, 5.74) is 3.23. The summed E-state index contributed by atoms with van der Waals surface area (Å²) in [5.74, 6) is -2.03. The molecule has 1 saturated heterocycles. The van der Waals surface area contributed by atoms with Crippen LogP contribution in [0.5, 0.6) is 11.5 Å². The SMILES string of the molecule is COc1ccc(OC)c(NC(=O)COC(=O)[C@@H]2CC(=O)N(NC(=O)c3ccccc3)C2)c1. The van der Waals surface area contributed by atoms with Gasteiger partial charge in [-0.25, -0.2) is 0 Å². The van der Waals surface area contributed by atoms with Crippen molar-refractivity contribution in [3.8, 4) is 11.5 Å². The van der Waals surface area contributed by atoms with Crippen molar-refractivity contribution in [2.45, 2.75) is 6.42 Å². The Kier molecular flexibility index (Phi) is 7.27. The molecule has 3 amide bonds. The maximum Gasteiger partial charge on any atom is 0.311 e. The second kappa shape index (κ2) is 10.3. The topological polar surface area (TPSA) is 123 Å². The first-order valence-corrected chi connectivity index (χ1v) is 9.76. The quantitative estimate of drug-likeness (QED) is 0.593. The summed E-state index contributed by atoms with van der Waals surface area (Å²) in [5, 5.41) is 3.67. The van der Waals surface area contributed by atoms with Gasteiger partial charge < -0.3 is 19.5 Å². The van der Waals surface area contributed by atoms with E-state index in [1.165, 1.54) is 14.2 Å². The summed E-state index contributed by atoms with van der Waals surface area (Å²) in [7, 11) is 2.95. The van der Waals surface area contributed by atoms with Gasteiger partial charge >= 0.3 is 5.97 Å². The lowest BCUT2D eigenvalue weighted by Crippen LogP contribution is -2.43. The molecule has 168 valence electrons. The molecule has 10 heteroatoms. The van der Waals surface area contributed by atoms with Gasteiger partial charge in [-0.2, -0.15) is 0 Å². The minimum Gasteiger partial charge on any atom is -0.497 e. The molecule has 3 rings (SSSR count). The van der Waals surface area contributed by atoms with Crippen molar-refractivity contribution in [3.05, 3.63) is 54.1 Å². The van der Waals surface area contributed by atoms with E-state index in [0.717, 1.165) is 5.01 Å². The van der Waals surface area contributed by atoms with Crippen molar-refractivity contribution in [1.29, 1.82) is 0 Å². The first kappa shape index (κ1) is 22.6. The number of amides is 3. The second-order valence-electron chi connectivity index (χ2n) is 6.93. The zero-order valence-corrected chi connectivity index (χ0v) is 17.6. The van der Waals surface area contributed by atoms with Crippen LogP contribution in [-0.2, 0) is 19.1 Å². The number of nitrogens with zero attached hydrogens (tertiary/aromatic N) is 1. The molecule has 1 aliphatic rings. The molecule has 0 aliphatic carbocycles. The van der Waals surface area contributed by atoms with Crippen LogP contribution in [0.2, 0.25) is 0 Å². The van der Waals surface area contributed by atoms with E-state index in [-0.39, 0.29) is 13.0 Å². The fourth-order valence-corrected chi connectivity index (χ4v) is 3.10. The summed E-state index contributed by atoms with van der Waals surface area (Å²) in [6, 6.07) is 13.3. The van der Waals surface area contributed by atoms with Crippen molar-refractivity contribution < 1.29 is 33.4 Å². The third-order valence-electron chi connectivity index (χ3n) is 4.76. The van der Waals surface area contributed by atoms with Gasteiger partial charge in [0.05, 0.1) is 32.4 Å². The number of hydrazine groups is 1. The highest BCUT2D eigenvalue weighted by atomic mass is 16.5. The Morgan fingerprint density at radius 3 is 2.50 bits per heavy atom. The highest BCUT2D eigenvalue weighted by molar-refractivity contribution is 5.97. The second-order valence-corrected chi connectivity index (χ2v) is 6.93. The molecule has 10 nitrogen and oxygen atoms in total. The molecule has 0 aromatic heterocycles. The van der Waals surface area contributed by atoms with Crippen LogP contribution in [0.15, 0.2) is 48.5 Å². The lowest BCUT2D eigenvalue weighted by atomic mass is 10.1. The minimum absolute atomic E-state index is 0.0401. The number of hydrogen-bond acceptors (Lipinski definition) is 7. The molecule has 0 bridgehead atoms. The highest BCUT2D eigenvalue weighted by Crippen LogP contribution is 2.28. The average Bonchev–Trinajstić information content (AvgIpc) is 3.18. The first-order chi connectivity index (χ1) is 15.4. The lowest BCUT2D eigenvalue weighted by molar-refractivity contribution is -0.151. The Bertz CT molecular complexity index is 1010. The number of rotatable bonds is 8. The summed E-state index contributed by atoms with van der Waals surface area (Å²) in [6.07, 6.45) is -0.126. The molecular weight excluding hydrogens is 418 g/mol. The monoisotopic (exact) mass is 441 g/mol. The summed E-state index contributed by atoms with van der Waals surface area (Å²) in [4.78, 5) is 48.9. The van der Waals surface area contributed by atoms with Gasteiger partial charge in [-0.05, 0) is 24.3 Å². The Hall–Kier alpha value is -4.08. The van der Waals surface area contributed by atoms with E-state index in [4.69, 9.17) is 14.2 Å². The molecule has 1 atom stereocenters. The molecule has 1 fully saturated rings. The Morgan fingerprint density at radius 1 is 1.06 bits per heavy atom. The van der Waals surface area contributed by atoms with E-state index in [9.17, 15) is 19.2 Å².